The van der Waals surface area contributed by atoms with E-state index in [4.69, 9.17) is 10.5 Å². The SMILES string of the molecule is N#CCCN(CCC#N)C(=O)c1cc2c(s1)CCCC2. The maximum atomic E-state index is 12.5. The van der Waals surface area contributed by atoms with Crippen molar-refractivity contribution in [1.82, 2.24) is 4.90 Å². The van der Waals surface area contributed by atoms with Crippen LogP contribution in [-0.2, 0) is 12.8 Å². The van der Waals surface area contributed by atoms with Gasteiger partial charge in [0.15, 0.2) is 0 Å². The summed E-state index contributed by atoms with van der Waals surface area (Å²) in [5.74, 6) is -0.0325. The first-order chi connectivity index (χ1) is 9.76. The molecule has 0 saturated heterocycles. The predicted molar refractivity (Wildman–Crippen MR) is 77.3 cm³/mol. The van der Waals surface area contributed by atoms with Crippen LogP contribution in [0.25, 0.3) is 0 Å². The lowest BCUT2D eigenvalue weighted by molar-refractivity contribution is 0.0767. The molecule has 2 rings (SSSR count). The van der Waals surface area contributed by atoms with Crippen molar-refractivity contribution in [3.63, 3.8) is 0 Å². The van der Waals surface area contributed by atoms with Crippen molar-refractivity contribution in [1.29, 1.82) is 10.5 Å². The molecule has 4 nitrogen and oxygen atoms in total. The fourth-order valence-corrected chi connectivity index (χ4v) is 3.66. The van der Waals surface area contributed by atoms with Crippen molar-refractivity contribution in [3.8, 4) is 12.1 Å². The third-order valence-electron chi connectivity index (χ3n) is 3.48. The van der Waals surface area contributed by atoms with Gasteiger partial charge in [-0.2, -0.15) is 10.5 Å². The number of thiophene rings is 1. The summed E-state index contributed by atoms with van der Waals surface area (Å²) in [7, 11) is 0. The van der Waals surface area contributed by atoms with Crippen LogP contribution in [0.3, 0.4) is 0 Å². The lowest BCUT2D eigenvalue weighted by Gasteiger charge is -2.19. The molecule has 0 saturated carbocycles. The van der Waals surface area contributed by atoms with Gasteiger partial charge in [-0.25, -0.2) is 0 Å². The molecule has 1 aromatic heterocycles. The van der Waals surface area contributed by atoms with Crippen molar-refractivity contribution in [2.24, 2.45) is 0 Å². The van der Waals surface area contributed by atoms with E-state index in [0.717, 1.165) is 17.7 Å². The van der Waals surface area contributed by atoms with Crippen LogP contribution < -0.4 is 0 Å². The first kappa shape index (κ1) is 14.6. The number of amides is 1. The van der Waals surface area contributed by atoms with E-state index in [-0.39, 0.29) is 5.91 Å². The van der Waals surface area contributed by atoms with Gasteiger partial charge in [0.05, 0.1) is 29.9 Å². The number of rotatable bonds is 5. The van der Waals surface area contributed by atoms with Crippen molar-refractivity contribution in [3.05, 3.63) is 21.4 Å². The zero-order valence-electron chi connectivity index (χ0n) is 11.4. The van der Waals surface area contributed by atoms with Gasteiger partial charge in [0, 0.05) is 18.0 Å². The second kappa shape index (κ2) is 7.07. The van der Waals surface area contributed by atoms with Crippen LogP contribution in [0.4, 0.5) is 0 Å². The van der Waals surface area contributed by atoms with E-state index in [2.05, 4.69) is 12.1 Å². The second-order valence-electron chi connectivity index (χ2n) is 4.87. The fraction of sp³-hybridized carbons (Fsp3) is 0.533. The van der Waals surface area contributed by atoms with E-state index in [1.165, 1.54) is 23.3 Å². The van der Waals surface area contributed by atoms with Crippen LogP contribution in [0.2, 0.25) is 0 Å². The maximum Gasteiger partial charge on any atom is 0.264 e. The van der Waals surface area contributed by atoms with Gasteiger partial charge in [-0.05, 0) is 37.3 Å². The van der Waals surface area contributed by atoms with Crippen LogP contribution in [-0.4, -0.2) is 23.9 Å². The molecule has 0 radical (unpaired) electrons. The van der Waals surface area contributed by atoms with E-state index < -0.39 is 0 Å². The number of carbonyl (C=O) groups excluding carboxylic acids is 1. The molecule has 1 aliphatic carbocycles. The third-order valence-corrected chi connectivity index (χ3v) is 4.71. The molecule has 0 spiro atoms. The highest BCUT2D eigenvalue weighted by atomic mass is 32.1. The third kappa shape index (κ3) is 3.37. The second-order valence-corrected chi connectivity index (χ2v) is 6.01. The van der Waals surface area contributed by atoms with Crippen LogP contribution >= 0.6 is 11.3 Å². The predicted octanol–water partition coefficient (Wildman–Crippen LogP) is 2.90. The zero-order valence-corrected chi connectivity index (χ0v) is 12.2. The van der Waals surface area contributed by atoms with E-state index in [9.17, 15) is 4.79 Å². The molecule has 1 amide bonds. The van der Waals surface area contributed by atoms with Crippen molar-refractivity contribution < 1.29 is 4.79 Å². The summed E-state index contributed by atoms with van der Waals surface area (Å²) in [5, 5.41) is 17.4. The molecule has 0 N–H and O–H groups in total. The van der Waals surface area contributed by atoms with Gasteiger partial charge in [-0.3, -0.25) is 4.79 Å². The Kier molecular flexibility index (Phi) is 5.15. The summed E-state index contributed by atoms with van der Waals surface area (Å²) >= 11 is 1.58. The minimum atomic E-state index is -0.0325. The van der Waals surface area contributed by atoms with Crippen LogP contribution in [0.1, 0.15) is 45.8 Å². The van der Waals surface area contributed by atoms with Gasteiger partial charge in [-0.1, -0.05) is 0 Å². The number of fused-ring (bicyclic) bond motifs is 1. The van der Waals surface area contributed by atoms with Gasteiger partial charge in [0.1, 0.15) is 0 Å². The smallest absolute Gasteiger partial charge is 0.264 e. The molecule has 0 aliphatic heterocycles. The van der Waals surface area contributed by atoms with Crippen LogP contribution in [0, 0.1) is 22.7 Å². The molecular formula is C15H17N3OS. The Balaban J connectivity index is 2.11. The number of nitrogens with zero attached hydrogens (tertiary/aromatic N) is 3. The maximum absolute atomic E-state index is 12.5. The number of carbonyl (C=O) groups is 1. The fourth-order valence-electron chi connectivity index (χ4n) is 2.44. The molecule has 0 bridgehead atoms. The standard InChI is InChI=1S/C15H17N3OS/c16-7-3-9-18(10-4-8-17)15(19)14-11-12-5-1-2-6-13(12)20-14/h11H,1-6,9-10H2. The highest BCUT2D eigenvalue weighted by Crippen LogP contribution is 2.30. The normalized spacial score (nSPS) is 13.1. The van der Waals surface area contributed by atoms with Gasteiger partial charge in [0.25, 0.3) is 5.91 Å². The average Bonchev–Trinajstić information content (AvgIpc) is 2.90. The van der Waals surface area contributed by atoms with Crippen LogP contribution in [0.5, 0.6) is 0 Å². The summed E-state index contributed by atoms with van der Waals surface area (Å²) in [6.07, 6.45) is 5.15. The summed E-state index contributed by atoms with van der Waals surface area (Å²) in [6.45, 7) is 0.805. The van der Waals surface area contributed by atoms with E-state index in [1.807, 2.05) is 6.07 Å². The summed E-state index contributed by atoms with van der Waals surface area (Å²) in [5.41, 5.74) is 1.31. The monoisotopic (exact) mass is 287 g/mol. The number of nitriles is 2. The molecule has 1 heterocycles. The van der Waals surface area contributed by atoms with E-state index >= 15 is 0 Å². The Labute approximate surface area is 123 Å². The molecule has 104 valence electrons. The first-order valence-electron chi connectivity index (χ1n) is 6.91. The van der Waals surface area contributed by atoms with Crippen molar-refractivity contribution >= 4 is 17.2 Å². The first-order valence-corrected chi connectivity index (χ1v) is 7.72. The quantitative estimate of drug-likeness (QED) is 0.836. The van der Waals surface area contributed by atoms with E-state index in [0.29, 0.717) is 25.9 Å². The summed E-state index contributed by atoms with van der Waals surface area (Å²) < 4.78 is 0. The number of hydrogen-bond donors (Lipinski definition) is 0. The minimum Gasteiger partial charge on any atom is -0.336 e. The van der Waals surface area contributed by atoms with Gasteiger partial charge >= 0.3 is 0 Å². The van der Waals surface area contributed by atoms with Crippen molar-refractivity contribution in [2.45, 2.75) is 38.5 Å². The van der Waals surface area contributed by atoms with Gasteiger partial charge in [-0.15, -0.1) is 11.3 Å². The largest absolute Gasteiger partial charge is 0.336 e. The lowest BCUT2D eigenvalue weighted by atomic mass is 9.99. The Morgan fingerprint density at radius 3 is 2.45 bits per heavy atom. The van der Waals surface area contributed by atoms with Gasteiger partial charge < -0.3 is 4.90 Å². The summed E-state index contributed by atoms with van der Waals surface area (Å²) in [4.78, 5) is 16.2. The highest BCUT2D eigenvalue weighted by molar-refractivity contribution is 7.14. The van der Waals surface area contributed by atoms with E-state index in [1.54, 1.807) is 16.2 Å². The zero-order chi connectivity index (χ0) is 14.4. The van der Waals surface area contributed by atoms with Gasteiger partial charge in [0.2, 0.25) is 0 Å². The van der Waals surface area contributed by atoms with Crippen LogP contribution in [0.15, 0.2) is 6.07 Å². The molecule has 0 fully saturated rings. The van der Waals surface area contributed by atoms with Crippen molar-refractivity contribution in [2.75, 3.05) is 13.1 Å². The topological polar surface area (TPSA) is 67.9 Å². The molecule has 1 aliphatic rings. The molecule has 20 heavy (non-hydrogen) atoms. The Hall–Kier alpha value is -1.85. The minimum absolute atomic E-state index is 0.0325. The molecular weight excluding hydrogens is 270 g/mol. The Morgan fingerprint density at radius 1 is 1.20 bits per heavy atom. The molecule has 1 aromatic rings. The molecule has 0 atom stereocenters. The Bertz CT molecular complexity index is 523. The Morgan fingerprint density at radius 2 is 1.85 bits per heavy atom. The lowest BCUT2D eigenvalue weighted by Crippen LogP contribution is -2.32. The summed E-state index contributed by atoms with van der Waals surface area (Å²) in [6, 6.07) is 6.12. The molecule has 0 aromatic carbocycles. The number of aryl methyl sites for hydroxylation is 2. The number of hydrogen-bond acceptors (Lipinski definition) is 4. The molecule has 5 heteroatoms. The molecule has 0 unspecified atom stereocenters. The highest BCUT2D eigenvalue weighted by Gasteiger charge is 2.21. The average molecular weight is 287 g/mol.